The molecule has 0 saturated carbocycles. The van der Waals surface area contributed by atoms with E-state index in [-0.39, 0.29) is 5.82 Å². The molecule has 0 atom stereocenters. The number of hydrogen-bond donors (Lipinski definition) is 1. The standard InChI is InChI=1S/C12H9F3N2OS/c1-7-16-10(12(13,14)15)9(11(18)17-7)19-8-5-3-2-4-6-8/h2-6H,1H3,(H,16,17,18). The monoisotopic (exact) mass is 286 g/mol. The molecule has 0 unspecified atom stereocenters. The largest absolute Gasteiger partial charge is 0.434 e. The maximum Gasteiger partial charge on any atom is 0.434 e. The van der Waals surface area contributed by atoms with Crippen molar-refractivity contribution in [2.24, 2.45) is 0 Å². The average Bonchev–Trinajstić information content (AvgIpc) is 2.32. The summed E-state index contributed by atoms with van der Waals surface area (Å²) in [5.41, 5.74) is -1.93. The lowest BCUT2D eigenvalue weighted by Gasteiger charge is -2.11. The Bertz CT molecular complexity index is 638. The Labute approximate surface area is 110 Å². The lowest BCUT2D eigenvalue weighted by Crippen LogP contribution is -2.21. The maximum absolute atomic E-state index is 12.9. The molecule has 0 spiro atoms. The van der Waals surface area contributed by atoms with Crippen LogP contribution in [0.15, 0.2) is 44.9 Å². The molecular formula is C12H9F3N2OS. The molecule has 0 bridgehead atoms. The van der Waals surface area contributed by atoms with E-state index in [9.17, 15) is 18.0 Å². The van der Waals surface area contributed by atoms with E-state index in [1.165, 1.54) is 6.92 Å². The first-order valence-electron chi connectivity index (χ1n) is 5.29. The van der Waals surface area contributed by atoms with Crippen LogP contribution in [0.5, 0.6) is 0 Å². The summed E-state index contributed by atoms with van der Waals surface area (Å²) >= 11 is 0.750. The summed E-state index contributed by atoms with van der Waals surface area (Å²) in [6, 6.07) is 8.37. The van der Waals surface area contributed by atoms with Gasteiger partial charge in [-0.15, -0.1) is 0 Å². The molecule has 0 saturated heterocycles. The third-order valence-corrected chi connectivity index (χ3v) is 3.32. The van der Waals surface area contributed by atoms with Crippen LogP contribution in [0.25, 0.3) is 0 Å². The zero-order valence-electron chi connectivity index (χ0n) is 9.78. The minimum absolute atomic E-state index is 0.0604. The summed E-state index contributed by atoms with van der Waals surface area (Å²) in [4.78, 5) is 17.5. The molecule has 2 rings (SSSR count). The van der Waals surface area contributed by atoms with Gasteiger partial charge >= 0.3 is 6.18 Å². The Balaban J connectivity index is 2.53. The summed E-state index contributed by atoms with van der Waals surface area (Å²) in [5, 5.41) is 0. The van der Waals surface area contributed by atoms with Gasteiger partial charge in [0.05, 0.1) is 0 Å². The number of H-pyrrole nitrogens is 1. The van der Waals surface area contributed by atoms with Crippen LogP contribution in [0.1, 0.15) is 11.5 Å². The number of aromatic amines is 1. The topological polar surface area (TPSA) is 45.8 Å². The number of nitrogens with zero attached hydrogens (tertiary/aromatic N) is 1. The van der Waals surface area contributed by atoms with Crippen LogP contribution in [0, 0.1) is 6.92 Å². The molecule has 19 heavy (non-hydrogen) atoms. The van der Waals surface area contributed by atoms with E-state index in [0.717, 1.165) is 11.8 Å². The molecule has 1 N–H and O–H groups in total. The second-order valence-corrected chi connectivity index (χ2v) is 4.83. The fourth-order valence-electron chi connectivity index (χ4n) is 1.47. The van der Waals surface area contributed by atoms with Gasteiger partial charge in [0.15, 0.2) is 5.69 Å². The highest BCUT2D eigenvalue weighted by Crippen LogP contribution is 2.36. The molecule has 0 aliphatic rings. The Morgan fingerprint density at radius 1 is 1.21 bits per heavy atom. The van der Waals surface area contributed by atoms with E-state index >= 15 is 0 Å². The van der Waals surface area contributed by atoms with Crippen molar-refractivity contribution in [3.63, 3.8) is 0 Å². The van der Waals surface area contributed by atoms with Crippen LogP contribution in [0.3, 0.4) is 0 Å². The fourth-order valence-corrected chi connectivity index (χ4v) is 2.40. The predicted octanol–water partition coefficient (Wildman–Crippen LogP) is 3.25. The number of nitrogens with one attached hydrogen (secondary N) is 1. The normalized spacial score (nSPS) is 11.6. The molecule has 1 aromatic carbocycles. The first kappa shape index (κ1) is 13.7. The summed E-state index contributed by atoms with van der Waals surface area (Å²) in [6.45, 7) is 1.31. The minimum Gasteiger partial charge on any atom is -0.310 e. The Kier molecular flexibility index (Phi) is 3.66. The number of benzene rings is 1. The van der Waals surface area contributed by atoms with Crippen molar-refractivity contribution < 1.29 is 13.2 Å². The van der Waals surface area contributed by atoms with Gasteiger partial charge in [0.1, 0.15) is 10.7 Å². The average molecular weight is 286 g/mol. The summed E-state index contributed by atoms with van der Waals surface area (Å²) in [7, 11) is 0. The number of hydrogen-bond acceptors (Lipinski definition) is 3. The highest BCUT2D eigenvalue weighted by atomic mass is 32.2. The zero-order valence-corrected chi connectivity index (χ0v) is 10.6. The lowest BCUT2D eigenvalue weighted by atomic mass is 10.4. The van der Waals surface area contributed by atoms with Crippen molar-refractivity contribution in [1.29, 1.82) is 0 Å². The van der Waals surface area contributed by atoms with Crippen LogP contribution in [-0.2, 0) is 6.18 Å². The molecule has 0 fully saturated rings. The second-order valence-electron chi connectivity index (χ2n) is 3.74. The van der Waals surface area contributed by atoms with Gasteiger partial charge in [-0.3, -0.25) is 4.79 Å². The Morgan fingerprint density at radius 3 is 2.42 bits per heavy atom. The van der Waals surface area contributed by atoms with E-state index in [0.29, 0.717) is 4.90 Å². The van der Waals surface area contributed by atoms with Gasteiger partial charge in [0.25, 0.3) is 5.56 Å². The Hall–Kier alpha value is -1.76. The Morgan fingerprint density at radius 2 is 1.84 bits per heavy atom. The molecule has 0 radical (unpaired) electrons. The summed E-state index contributed by atoms with van der Waals surface area (Å²) in [5.74, 6) is -0.0604. The number of aromatic nitrogens is 2. The molecule has 0 aliphatic carbocycles. The quantitative estimate of drug-likeness (QED) is 0.921. The number of aryl methyl sites for hydroxylation is 1. The van der Waals surface area contributed by atoms with E-state index in [1.54, 1.807) is 30.3 Å². The molecule has 7 heteroatoms. The van der Waals surface area contributed by atoms with Crippen LogP contribution < -0.4 is 5.56 Å². The molecule has 0 aliphatic heterocycles. The number of halogens is 3. The molecule has 1 heterocycles. The van der Waals surface area contributed by atoms with E-state index in [2.05, 4.69) is 9.97 Å². The van der Waals surface area contributed by atoms with Gasteiger partial charge in [-0.1, -0.05) is 30.0 Å². The van der Waals surface area contributed by atoms with E-state index in [1.807, 2.05) is 0 Å². The van der Waals surface area contributed by atoms with Crippen molar-refractivity contribution in [1.82, 2.24) is 9.97 Å². The molecule has 0 amide bonds. The summed E-state index contributed by atoms with van der Waals surface area (Å²) < 4.78 is 38.6. The lowest BCUT2D eigenvalue weighted by molar-refractivity contribution is -0.143. The highest BCUT2D eigenvalue weighted by Gasteiger charge is 2.37. The van der Waals surface area contributed by atoms with E-state index in [4.69, 9.17) is 0 Å². The zero-order chi connectivity index (χ0) is 14.0. The SMILES string of the molecule is Cc1nc(C(F)(F)F)c(Sc2ccccc2)c(=O)[nH]1. The highest BCUT2D eigenvalue weighted by molar-refractivity contribution is 7.99. The third kappa shape index (κ3) is 3.17. The molecule has 2 aromatic rings. The fraction of sp³-hybridized carbons (Fsp3) is 0.167. The van der Waals surface area contributed by atoms with Crippen molar-refractivity contribution in [3.05, 3.63) is 52.2 Å². The summed E-state index contributed by atoms with van der Waals surface area (Å²) in [6.07, 6.45) is -4.66. The molecule has 100 valence electrons. The van der Waals surface area contributed by atoms with Gasteiger partial charge in [-0.05, 0) is 19.1 Å². The molecule has 3 nitrogen and oxygen atoms in total. The van der Waals surface area contributed by atoms with Gasteiger partial charge in [0, 0.05) is 4.90 Å². The third-order valence-electron chi connectivity index (χ3n) is 2.23. The van der Waals surface area contributed by atoms with Crippen LogP contribution in [0.4, 0.5) is 13.2 Å². The van der Waals surface area contributed by atoms with Crippen molar-refractivity contribution in [2.45, 2.75) is 22.9 Å². The molecule has 1 aromatic heterocycles. The maximum atomic E-state index is 12.9. The predicted molar refractivity (Wildman–Crippen MR) is 65.2 cm³/mol. The second kappa shape index (κ2) is 5.08. The van der Waals surface area contributed by atoms with Gasteiger partial charge in [-0.25, -0.2) is 4.98 Å². The van der Waals surface area contributed by atoms with Gasteiger partial charge in [-0.2, -0.15) is 13.2 Å². The van der Waals surface area contributed by atoms with Gasteiger partial charge < -0.3 is 4.98 Å². The van der Waals surface area contributed by atoms with Crippen molar-refractivity contribution in [2.75, 3.05) is 0 Å². The minimum atomic E-state index is -4.66. The van der Waals surface area contributed by atoms with E-state index < -0.39 is 22.3 Å². The number of rotatable bonds is 2. The first-order chi connectivity index (χ1) is 8.88. The number of alkyl halides is 3. The van der Waals surface area contributed by atoms with Crippen LogP contribution >= 0.6 is 11.8 Å². The first-order valence-corrected chi connectivity index (χ1v) is 6.10. The molecular weight excluding hydrogens is 277 g/mol. The van der Waals surface area contributed by atoms with Gasteiger partial charge in [0.2, 0.25) is 0 Å². The van der Waals surface area contributed by atoms with Crippen LogP contribution in [-0.4, -0.2) is 9.97 Å². The van der Waals surface area contributed by atoms with Crippen molar-refractivity contribution >= 4 is 11.8 Å². The smallest absolute Gasteiger partial charge is 0.310 e. The van der Waals surface area contributed by atoms with Crippen LogP contribution in [0.2, 0.25) is 0 Å². The van der Waals surface area contributed by atoms with Crippen molar-refractivity contribution in [3.8, 4) is 0 Å².